The number of carbonyl (C=O) groups excluding carboxylic acids is 2. The summed E-state index contributed by atoms with van der Waals surface area (Å²) in [4.78, 5) is 24.7. The number of hydrogen-bond donors (Lipinski definition) is 4. The molecular weight excluding hydrogens is 276 g/mol. The molecule has 0 radical (unpaired) electrons. The summed E-state index contributed by atoms with van der Waals surface area (Å²) in [6.07, 6.45) is -0.237. The molecule has 6 nitrogen and oxygen atoms in total. The van der Waals surface area contributed by atoms with Crippen LogP contribution in [0.4, 0.5) is 0 Å². The molecule has 0 amide bonds. The fraction of sp³-hybridized carbons (Fsp3) is 0.0667. The lowest BCUT2D eigenvalue weighted by Gasteiger charge is -2.10. The Morgan fingerprint density at radius 2 is 1.29 bits per heavy atom. The van der Waals surface area contributed by atoms with E-state index in [0.29, 0.717) is 0 Å². The van der Waals surface area contributed by atoms with Crippen molar-refractivity contribution < 1.29 is 30.0 Å². The van der Waals surface area contributed by atoms with Crippen molar-refractivity contribution in [3.05, 3.63) is 46.5 Å². The predicted molar refractivity (Wildman–Crippen MR) is 71.0 cm³/mol. The second-order valence-electron chi connectivity index (χ2n) is 4.75. The van der Waals surface area contributed by atoms with Crippen LogP contribution in [0.15, 0.2) is 24.3 Å². The van der Waals surface area contributed by atoms with Gasteiger partial charge in [0.2, 0.25) is 5.78 Å². The lowest BCUT2D eigenvalue weighted by molar-refractivity contribution is 0.0980. The van der Waals surface area contributed by atoms with Gasteiger partial charge in [0.25, 0.3) is 0 Å². The highest BCUT2D eigenvalue weighted by Gasteiger charge is 2.33. The number of carbonyl (C=O) groups is 2. The van der Waals surface area contributed by atoms with E-state index in [9.17, 15) is 30.0 Å². The van der Waals surface area contributed by atoms with Gasteiger partial charge in [0.05, 0.1) is 16.7 Å². The normalized spacial score (nSPS) is 13.5. The SMILES string of the molecule is O=C1Cc2ccc(O)c(O)c2C(=O)c2c(O)ccc(O)c21. The first kappa shape index (κ1) is 13.0. The number of fused-ring (bicyclic) bond motifs is 2. The lowest BCUT2D eigenvalue weighted by Crippen LogP contribution is -2.07. The third kappa shape index (κ3) is 1.73. The molecule has 1 aliphatic rings. The highest BCUT2D eigenvalue weighted by molar-refractivity contribution is 6.22. The van der Waals surface area contributed by atoms with Gasteiger partial charge in [0.1, 0.15) is 11.5 Å². The van der Waals surface area contributed by atoms with Gasteiger partial charge >= 0.3 is 0 Å². The predicted octanol–water partition coefficient (Wildman–Crippen LogP) is 1.48. The maximum absolute atomic E-state index is 12.5. The minimum absolute atomic E-state index is 0.218. The summed E-state index contributed by atoms with van der Waals surface area (Å²) in [5.41, 5.74) is -0.687. The maximum Gasteiger partial charge on any atom is 0.201 e. The number of aromatic hydroxyl groups is 4. The van der Waals surface area contributed by atoms with Gasteiger partial charge in [-0.3, -0.25) is 9.59 Å². The molecule has 1 aliphatic carbocycles. The zero-order chi connectivity index (χ0) is 15.3. The second kappa shape index (κ2) is 4.24. The van der Waals surface area contributed by atoms with Crippen molar-refractivity contribution in [2.75, 3.05) is 0 Å². The number of phenols is 4. The first-order chi connectivity index (χ1) is 9.91. The van der Waals surface area contributed by atoms with Crippen molar-refractivity contribution in [1.82, 2.24) is 0 Å². The number of rotatable bonds is 0. The molecule has 3 rings (SSSR count). The van der Waals surface area contributed by atoms with Crippen molar-refractivity contribution in [3.63, 3.8) is 0 Å². The van der Waals surface area contributed by atoms with E-state index in [1.54, 1.807) is 0 Å². The summed E-state index contributed by atoms with van der Waals surface area (Å²) in [6, 6.07) is 4.72. The standard InChI is InChI=1S/C15H10O6/c16-7-3-4-8(17)13-12(7)10(19)5-6-1-2-9(18)14(20)11(6)15(13)21/h1-4,16-18,20H,5H2. The van der Waals surface area contributed by atoms with Gasteiger partial charge in [-0.2, -0.15) is 0 Å². The van der Waals surface area contributed by atoms with E-state index in [4.69, 9.17) is 0 Å². The van der Waals surface area contributed by atoms with Crippen LogP contribution >= 0.6 is 0 Å². The molecule has 0 aliphatic heterocycles. The fourth-order valence-electron chi connectivity index (χ4n) is 2.50. The second-order valence-corrected chi connectivity index (χ2v) is 4.75. The summed E-state index contributed by atoms with van der Waals surface area (Å²) in [6.45, 7) is 0. The molecule has 4 N–H and O–H groups in total. The Kier molecular flexibility index (Phi) is 2.62. The van der Waals surface area contributed by atoms with E-state index in [1.807, 2.05) is 0 Å². The van der Waals surface area contributed by atoms with E-state index in [1.165, 1.54) is 12.1 Å². The largest absolute Gasteiger partial charge is 0.507 e. The van der Waals surface area contributed by atoms with Crippen LogP contribution in [0.25, 0.3) is 0 Å². The van der Waals surface area contributed by atoms with Crippen LogP contribution in [0.3, 0.4) is 0 Å². The third-order valence-corrected chi connectivity index (χ3v) is 3.49. The monoisotopic (exact) mass is 286 g/mol. The smallest absolute Gasteiger partial charge is 0.201 e. The van der Waals surface area contributed by atoms with E-state index in [2.05, 4.69) is 0 Å². The Hall–Kier alpha value is -3.02. The topological polar surface area (TPSA) is 115 Å². The van der Waals surface area contributed by atoms with Crippen LogP contribution < -0.4 is 0 Å². The van der Waals surface area contributed by atoms with Crippen molar-refractivity contribution in [2.24, 2.45) is 0 Å². The van der Waals surface area contributed by atoms with Crippen molar-refractivity contribution in [1.29, 1.82) is 0 Å². The summed E-state index contributed by atoms with van der Waals surface area (Å²) in [5.74, 6) is -3.43. The molecule has 0 bridgehead atoms. The summed E-state index contributed by atoms with van der Waals surface area (Å²) in [5, 5.41) is 39.1. The molecule has 0 aromatic heterocycles. The van der Waals surface area contributed by atoms with Crippen LogP contribution in [0, 0.1) is 0 Å². The van der Waals surface area contributed by atoms with E-state index in [0.717, 1.165) is 12.1 Å². The Morgan fingerprint density at radius 1 is 0.714 bits per heavy atom. The third-order valence-electron chi connectivity index (χ3n) is 3.49. The first-order valence-electron chi connectivity index (χ1n) is 6.08. The molecule has 0 atom stereocenters. The number of Topliss-reactive ketones (excluding diaryl/α,β-unsaturated/α-hetero) is 1. The molecule has 0 unspecified atom stereocenters. The van der Waals surface area contributed by atoms with E-state index >= 15 is 0 Å². The maximum atomic E-state index is 12.5. The Bertz CT molecular complexity index is 806. The highest BCUT2D eigenvalue weighted by atomic mass is 16.3. The Morgan fingerprint density at radius 3 is 1.95 bits per heavy atom. The molecule has 0 saturated heterocycles. The first-order valence-corrected chi connectivity index (χ1v) is 6.08. The number of hydrogen-bond acceptors (Lipinski definition) is 6. The van der Waals surface area contributed by atoms with Gasteiger partial charge in [-0.1, -0.05) is 6.07 Å². The van der Waals surface area contributed by atoms with Gasteiger partial charge in [-0.25, -0.2) is 0 Å². The van der Waals surface area contributed by atoms with Gasteiger partial charge in [0.15, 0.2) is 17.3 Å². The van der Waals surface area contributed by atoms with Crippen molar-refractivity contribution in [3.8, 4) is 23.0 Å². The number of phenolic OH excluding ortho intramolecular Hbond substituents is 4. The van der Waals surface area contributed by atoms with Crippen molar-refractivity contribution >= 4 is 11.6 Å². The molecule has 0 fully saturated rings. The van der Waals surface area contributed by atoms with Crippen LogP contribution in [0.2, 0.25) is 0 Å². The molecule has 0 spiro atoms. The fourth-order valence-corrected chi connectivity index (χ4v) is 2.50. The molecule has 0 heterocycles. The lowest BCUT2D eigenvalue weighted by atomic mass is 9.96. The quantitative estimate of drug-likeness (QED) is 0.430. The number of ketones is 2. The molecule has 106 valence electrons. The molecule has 2 aromatic carbocycles. The van der Waals surface area contributed by atoms with E-state index in [-0.39, 0.29) is 28.7 Å². The van der Waals surface area contributed by atoms with Crippen LogP contribution in [-0.4, -0.2) is 32.0 Å². The molecular formula is C15H10O6. The van der Waals surface area contributed by atoms with Crippen LogP contribution in [0.1, 0.15) is 31.8 Å². The van der Waals surface area contributed by atoms with Gasteiger partial charge in [-0.05, 0) is 23.8 Å². The average Bonchev–Trinajstić information content (AvgIpc) is 2.55. The van der Waals surface area contributed by atoms with Gasteiger partial charge in [0, 0.05) is 6.42 Å². The summed E-state index contributed by atoms with van der Waals surface area (Å²) in [7, 11) is 0. The zero-order valence-electron chi connectivity index (χ0n) is 10.6. The van der Waals surface area contributed by atoms with Gasteiger partial charge in [-0.15, -0.1) is 0 Å². The Labute approximate surface area is 118 Å². The minimum atomic E-state index is -0.826. The zero-order valence-corrected chi connectivity index (χ0v) is 10.6. The highest BCUT2D eigenvalue weighted by Crippen LogP contribution is 2.40. The number of benzene rings is 2. The summed E-state index contributed by atoms with van der Waals surface area (Å²) < 4.78 is 0. The summed E-state index contributed by atoms with van der Waals surface area (Å²) >= 11 is 0. The van der Waals surface area contributed by atoms with Crippen molar-refractivity contribution in [2.45, 2.75) is 6.42 Å². The Balaban J connectivity index is 2.41. The van der Waals surface area contributed by atoms with E-state index < -0.39 is 34.6 Å². The molecule has 6 heteroatoms. The van der Waals surface area contributed by atoms with Crippen LogP contribution in [-0.2, 0) is 6.42 Å². The molecule has 21 heavy (non-hydrogen) atoms. The average molecular weight is 286 g/mol. The van der Waals surface area contributed by atoms with Crippen LogP contribution in [0.5, 0.6) is 23.0 Å². The molecule has 2 aromatic rings. The molecule has 0 saturated carbocycles. The van der Waals surface area contributed by atoms with Gasteiger partial charge < -0.3 is 20.4 Å². The minimum Gasteiger partial charge on any atom is -0.507 e.